The lowest BCUT2D eigenvalue weighted by molar-refractivity contribution is -0.122. The molecule has 7 nitrogen and oxygen atoms in total. The van der Waals surface area contributed by atoms with Gasteiger partial charge >= 0.3 is 0 Å². The number of carbonyl (C=O) groups is 1. The second-order valence-corrected chi connectivity index (χ2v) is 11.2. The van der Waals surface area contributed by atoms with E-state index in [9.17, 15) is 13.2 Å². The van der Waals surface area contributed by atoms with Crippen molar-refractivity contribution in [2.45, 2.75) is 30.9 Å². The smallest absolute Gasteiger partial charge is 0.294 e. The normalized spacial score (nSPS) is 16.9. The summed E-state index contributed by atoms with van der Waals surface area (Å²) in [6.45, 7) is 4.73. The summed E-state index contributed by atoms with van der Waals surface area (Å²) in [5, 5.41) is 0.111. The van der Waals surface area contributed by atoms with E-state index in [4.69, 9.17) is 21.1 Å². The second-order valence-electron chi connectivity index (χ2n) is 6.68. The summed E-state index contributed by atoms with van der Waals surface area (Å²) >= 11 is 7.79. The minimum absolute atomic E-state index is 0.0277. The van der Waals surface area contributed by atoms with Crippen LogP contribution in [-0.4, -0.2) is 44.7 Å². The van der Waals surface area contributed by atoms with E-state index in [1.807, 2.05) is 6.07 Å². The zero-order valence-corrected chi connectivity index (χ0v) is 21.0. The summed E-state index contributed by atoms with van der Waals surface area (Å²) in [6, 6.07) is 8.29. The van der Waals surface area contributed by atoms with Crippen LogP contribution in [0.25, 0.3) is 6.08 Å². The molecule has 0 radical (unpaired) electrons. The number of hydrogen-bond donors (Lipinski definition) is 0. The molecule has 0 aliphatic carbocycles. The molecule has 32 heavy (non-hydrogen) atoms. The Bertz CT molecular complexity index is 1160. The number of rotatable bonds is 9. The third kappa shape index (κ3) is 5.67. The van der Waals surface area contributed by atoms with Crippen LogP contribution in [0, 0.1) is 0 Å². The van der Waals surface area contributed by atoms with Crippen molar-refractivity contribution in [2.75, 3.05) is 20.3 Å². The highest BCUT2D eigenvalue weighted by Crippen LogP contribution is 2.36. The third-order valence-electron chi connectivity index (χ3n) is 4.45. The van der Waals surface area contributed by atoms with Gasteiger partial charge in [0.1, 0.15) is 4.21 Å². The van der Waals surface area contributed by atoms with E-state index in [0.717, 1.165) is 41.5 Å². The maximum atomic E-state index is 12.9. The highest BCUT2D eigenvalue weighted by atomic mass is 35.5. The van der Waals surface area contributed by atoms with Gasteiger partial charge in [0.25, 0.3) is 15.9 Å². The van der Waals surface area contributed by atoms with Gasteiger partial charge in [0, 0.05) is 6.54 Å². The molecular weight excluding hydrogens is 492 g/mol. The number of amidine groups is 1. The number of likely N-dealkylation sites (N-methyl/N-ethyl adjacent to an activating group) is 1. The average molecular weight is 515 g/mol. The summed E-state index contributed by atoms with van der Waals surface area (Å²) < 4.78 is 40.7. The Hall–Kier alpha value is -2.01. The van der Waals surface area contributed by atoms with Gasteiger partial charge in [-0.15, -0.1) is 15.7 Å². The van der Waals surface area contributed by atoms with Gasteiger partial charge in [-0.1, -0.05) is 31.0 Å². The molecule has 1 aliphatic heterocycles. The Morgan fingerprint density at radius 1 is 1.19 bits per heavy atom. The summed E-state index contributed by atoms with van der Waals surface area (Å²) in [5.41, 5.74) is 0.728. The maximum absolute atomic E-state index is 12.9. The van der Waals surface area contributed by atoms with Gasteiger partial charge in [-0.3, -0.25) is 9.69 Å². The number of halogens is 1. The first-order valence-corrected chi connectivity index (χ1v) is 13.4. The van der Waals surface area contributed by atoms with Crippen LogP contribution in [0.1, 0.15) is 32.3 Å². The predicted molar refractivity (Wildman–Crippen MR) is 130 cm³/mol. The third-order valence-corrected chi connectivity index (χ3v) is 8.53. The molecular formula is C21H23ClN2O5S3. The minimum atomic E-state index is -3.97. The number of methoxy groups -OCH3 is 1. The fourth-order valence-corrected chi connectivity index (χ4v) is 6.52. The topological polar surface area (TPSA) is 85.3 Å². The summed E-state index contributed by atoms with van der Waals surface area (Å²) in [4.78, 5) is 14.6. The molecule has 1 aliphatic rings. The number of ether oxygens (including phenoxy) is 2. The zero-order chi connectivity index (χ0) is 23.3. The van der Waals surface area contributed by atoms with E-state index in [0.29, 0.717) is 27.3 Å². The summed E-state index contributed by atoms with van der Waals surface area (Å²) in [5.74, 6) is 0.883. The van der Waals surface area contributed by atoms with Crippen LogP contribution in [0.3, 0.4) is 0 Å². The van der Waals surface area contributed by atoms with Crippen molar-refractivity contribution in [3.05, 3.63) is 45.1 Å². The van der Waals surface area contributed by atoms with Gasteiger partial charge in [-0.05, 0) is 61.0 Å². The Morgan fingerprint density at radius 2 is 1.97 bits per heavy atom. The van der Waals surface area contributed by atoms with Crippen molar-refractivity contribution in [2.24, 2.45) is 4.40 Å². The van der Waals surface area contributed by atoms with Crippen molar-refractivity contribution in [3.8, 4) is 11.5 Å². The number of thioether (sulfide) groups is 1. The number of nitrogens with zero attached hydrogens (tertiary/aromatic N) is 2. The van der Waals surface area contributed by atoms with Crippen molar-refractivity contribution < 1.29 is 22.7 Å². The van der Waals surface area contributed by atoms with E-state index in [2.05, 4.69) is 11.3 Å². The molecule has 2 aromatic rings. The molecule has 0 atom stereocenters. The number of unbranched alkanes of at least 4 members (excludes halogenated alkanes) is 1. The molecule has 1 aromatic carbocycles. The van der Waals surface area contributed by atoms with Crippen LogP contribution < -0.4 is 9.47 Å². The van der Waals surface area contributed by atoms with Crippen LogP contribution in [0.2, 0.25) is 4.34 Å². The standard InChI is InChI=1S/C21H23ClN2O5S3/c1-4-6-11-29-15-8-7-14(12-16(15)28-3)13-17-20(25)24(5-2)21(30-17)23-32(26,27)19-10-9-18(22)31-19/h7-10,12-13H,4-6,11H2,1-3H3. The number of benzene rings is 1. The average Bonchev–Trinajstić information content (AvgIpc) is 3.32. The van der Waals surface area contributed by atoms with Gasteiger partial charge in [-0.2, -0.15) is 8.42 Å². The Morgan fingerprint density at radius 3 is 2.59 bits per heavy atom. The second kappa shape index (κ2) is 10.7. The number of carbonyl (C=O) groups excluding carboxylic acids is 1. The molecule has 11 heteroatoms. The molecule has 1 amide bonds. The number of hydrogen-bond acceptors (Lipinski definition) is 7. The van der Waals surface area contributed by atoms with Crippen LogP contribution in [0.5, 0.6) is 11.5 Å². The zero-order valence-electron chi connectivity index (χ0n) is 17.8. The fourth-order valence-electron chi connectivity index (χ4n) is 2.81. The SMILES string of the molecule is CCCCOc1ccc(C=C2SC(=NS(=O)(=O)c3ccc(Cl)s3)N(CC)C2=O)cc1OC. The van der Waals surface area contributed by atoms with Crippen molar-refractivity contribution in [1.29, 1.82) is 0 Å². The molecule has 1 saturated heterocycles. The molecule has 0 N–H and O–H groups in total. The molecule has 1 aromatic heterocycles. The van der Waals surface area contributed by atoms with Gasteiger partial charge in [0.05, 0.1) is 23.0 Å². The van der Waals surface area contributed by atoms with Crippen LogP contribution in [0.4, 0.5) is 0 Å². The van der Waals surface area contributed by atoms with Crippen molar-refractivity contribution in [3.63, 3.8) is 0 Å². The molecule has 172 valence electrons. The van der Waals surface area contributed by atoms with E-state index in [1.165, 1.54) is 17.0 Å². The van der Waals surface area contributed by atoms with Gasteiger partial charge in [-0.25, -0.2) is 0 Å². The molecule has 1 fully saturated rings. The monoisotopic (exact) mass is 514 g/mol. The highest BCUT2D eigenvalue weighted by Gasteiger charge is 2.34. The van der Waals surface area contributed by atoms with Gasteiger partial charge in [0.15, 0.2) is 16.7 Å². The van der Waals surface area contributed by atoms with Crippen LogP contribution in [0.15, 0.2) is 43.8 Å². The quantitative estimate of drug-likeness (QED) is 0.335. The Kier molecular flexibility index (Phi) is 8.26. The van der Waals surface area contributed by atoms with E-state index < -0.39 is 10.0 Å². The predicted octanol–water partition coefficient (Wildman–Crippen LogP) is 5.27. The lowest BCUT2D eigenvalue weighted by Gasteiger charge is -2.12. The maximum Gasteiger partial charge on any atom is 0.294 e. The first kappa shape index (κ1) is 24.6. The largest absolute Gasteiger partial charge is 0.493 e. The lowest BCUT2D eigenvalue weighted by Crippen LogP contribution is -2.29. The highest BCUT2D eigenvalue weighted by molar-refractivity contribution is 8.19. The number of amides is 1. The molecule has 0 bridgehead atoms. The van der Waals surface area contributed by atoms with Gasteiger partial charge < -0.3 is 9.47 Å². The van der Waals surface area contributed by atoms with Crippen molar-refractivity contribution in [1.82, 2.24) is 4.90 Å². The summed E-state index contributed by atoms with van der Waals surface area (Å²) in [7, 11) is -2.41. The Labute approximate surface area is 201 Å². The van der Waals surface area contributed by atoms with Crippen LogP contribution >= 0.6 is 34.7 Å². The van der Waals surface area contributed by atoms with E-state index in [1.54, 1.807) is 32.2 Å². The van der Waals surface area contributed by atoms with Crippen molar-refractivity contribution >= 4 is 61.9 Å². The first-order chi connectivity index (χ1) is 15.3. The van der Waals surface area contributed by atoms with E-state index in [-0.39, 0.29) is 21.8 Å². The summed E-state index contributed by atoms with van der Waals surface area (Å²) in [6.07, 6.45) is 3.65. The molecule has 2 heterocycles. The van der Waals surface area contributed by atoms with E-state index >= 15 is 0 Å². The van der Waals surface area contributed by atoms with Crippen LogP contribution in [-0.2, 0) is 14.8 Å². The fraction of sp³-hybridized carbons (Fsp3) is 0.333. The molecule has 0 spiro atoms. The minimum Gasteiger partial charge on any atom is -0.493 e. The Balaban J connectivity index is 1.88. The van der Waals surface area contributed by atoms with Gasteiger partial charge in [0.2, 0.25) is 0 Å². The molecule has 3 rings (SSSR count). The molecule has 0 unspecified atom stereocenters. The number of sulfonamides is 1. The lowest BCUT2D eigenvalue weighted by atomic mass is 10.2. The first-order valence-electron chi connectivity index (χ1n) is 9.91. The molecule has 0 saturated carbocycles. The number of thiophene rings is 1.